The zero-order valence-electron chi connectivity index (χ0n) is 11.9. The first-order valence-corrected chi connectivity index (χ1v) is 6.46. The van der Waals surface area contributed by atoms with Crippen molar-refractivity contribution in [2.75, 3.05) is 0 Å². The molecule has 1 aromatic carbocycles. The average molecular weight is 298 g/mol. The zero-order chi connectivity index (χ0) is 15.7. The summed E-state index contributed by atoms with van der Waals surface area (Å²) in [5.41, 5.74) is 1.15. The van der Waals surface area contributed by atoms with E-state index in [2.05, 4.69) is 19.6 Å². The SMILES string of the molecule is Cc1c(N=Nc2ncoc2[O-])c(=O)n(-c2ccccc2)n1C. The van der Waals surface area contributed by atoms with E-state index in [1.807, 2.05) is 30.3 Å². The second-order valence-electron chi connectivity index (χ2n) is 4.57. The summed E-state index contributed by atoms with van der Waals surface area (Å²) in [6.45, 7) is 1.75. The first-order chi connectivity index (χ1) is 10.6. The van der Waals surface area contributed by atoms with Crippen molar-refractivity contribution in [3.05, 3.63) is 52.8 Å². The maximum atomic E-state index is 12.5. The molecule has 0 saturated heterocycles. The highest BCUT2D eigenvalue weighted by Crippen LogP contribution is 2.24. The molecule has 0 atom stereocenters. The minimum atomic E-state index is -0.694. The normalized spacial score (nSPS) is 11.4. The topological polar surface area (TPSA) is 101 Å². The second kappa shape index (κ2) is 5.32. The third kappa shape index (κ3) is 2.20. The summed E-state index contributed by atoms with van der Waals surface area (Å²) in [5, 5.41) is 18.8. The summed E-state index contributed by atoms with van der Waals surface area (Å²) in [5.74, 6) is -0.880. The number of azo groups is 1. The molecule has 0 aliphatic heterocycles. The minimum absolute atomic E-state index is 0.147. The summed E-state index contributed by atoms with van der Waals surface area (Å²) in [6.07, 6.45) is 0.983. The van der Waals surface area contributed by atoms with Crippen LogP contribution in [0.15, 0.2) is 56.2 Å². The van der Waals surface area contributed by atoms with E-state index in [1.165, 1.54) is 4.68 Å². The number of aromatic nitrogens is 3. The molecule has 0 aliphatic rings. The lowest BCUT2D eigenvalue weighted by Gasteiger charge is -2.07. The minimum Gasteiger partial charge on any atom is -0.567 e. The summed E-state index contributed by atoms with van der Waals surface area (Å²) in [7, 11) is 1.75. The lowest BCUT2D eigenvalue weighted by atomic mass is 10.3. The zero-order valence-corrected chi connectivity index (χ0v) is 11.9. The fourth-order valence-electron chi connectivity index (χ4n) is 2.06. The third-order valence-corrected chi connectivity index (χ3v) is 3.29. The molecule has 0 saturated carbocycles. The number of hydrogen-bond donors (Lipinski definition) is 0. The monoisotopic (exact) mass is 298 g/mol. The standard InChI is InChI=1S/C14H13N5O3/c1-9-11(16-17-12-14(21)22-8-15-12)13(20)19(18(9)2)10-6-4-3-5-7-10/h3-8,21H,1-2H3/p-1. The molecule has 0 spiro atoms. The molecule has 2 aromatic heterocycles. The fourth-order valence-corrected chi connectivity index (χ4v) is 2.06. The van der Waals surface area contributed by atoms with E-state index in [0.29, 0.717) is 11.4 Å². The van der Waals surface area contributed by atoms with Crippen LogP contribution in [0.1, 0.15) is 5.69 Å². The van der Waals surface area contributed by atoms with Crippen LogP contribution in [-0.2, 0) is 7.05 Å². The molecule has 3 aromatic rings. The van der Waals surface area contributed by atoms with Crippen LogP contribution >= 0.6 is 0 Å². The highest BCUT2D eigenvalue weighted by Gasteiger charge is 2.15. The van der Waals surface area contributed by atoms with E-state index in [0.717, 1.165) is 6.39 Å². The van der Waals surface area contributed by atoms with E-state index < -0.39 is 5.95 Å². The maximum Gasteiger partial charge on any atom is 0.299 e. The predicted molar refractivity (Wildman–Crippen MR) is 75.9 cm³/mol. The first-order valence-electron chi connectivity index (χ1n) is 6.46. The first kappa shape index (κ1) is 13.8. The number of benzene rings is 1. The molecule has 0 bridgehead atoms. The molecule has 8 nitrogen and oxygen atoms in total. The summed E-state index contributed by atoms with van der Waals surface area (Å²) in [4.78, 5) is 16.1. The average Bonchev–Trinajstić information content (AvgIpc) is 3.01. The molecule has 0 N–H and O–H groups in total. The molecule has 112 valence electrons. The number of oxazole rings is 1. The van der Waals surface area contributed by atoms with Crippen molar-refractivity contribution in [1.29, 1.82) is 0 Å². The summed E-state index contributed by atoms with van der Waals surface area (Å²) >= 11 is 0. The Balaban J connectivity index is 2.09. The Labute approximate surface area is 125 Å². The Morgan fingerprint density at radius 1 is 1.23 bits per heavy atom. The summed E-state index contributed by atoms with van der Waals surface area (Å²) in [6, 6.07) is 9.17. The van der Waals surface area contributed by atoms with Gasteiger partial charge in [-0.2, -0.15) is 0 Å². The number of nitrogens with zero attached hydrogens (tertiary/aromatic N) is 5. The molecule has 0 unspecified atom stereocenters. The van der Waals surface area contributed by atoms with Gasteiger partial charge < -0.3 is 9.52 Å². The highest BCUT2D eigenvalue weighted by atomic mass is 16.5. The van der Waals surface area contributed by atoms with Gasteiger partial charge in [-0.3, -0.25) is 9.48 Å². The van der Waals surface area contributed by atoms with Gasteiger partial charge in [-0.05, 0) is 19.1 Å². The van der Waals surface area contributed by atoms with Crippen LogP contribution in [0.3, 0.4) is 0 Å². The van der Waals surface area contributed by atoms with Gasteiger partial charge in [0.25, 0.3) is 5.56 Å². The maximum absolute atomic E-state index is 12.5. The van der Waals surface area contributed by atoms with Crippen LogP contribution in [0, 0.1) is 6.92 Å². The van der Waals surface area contributed by atoms with E-state index in [4.69, 9.17) is 0 Å². The second-order valence-corrected chi connectivity index (χ2v) is 4.57. The van der Waals surface area contributed by atoms with Gasteiger partial charge in [0.15, 0.2) is 11.5 Å². The van der Waals surface area contributed by atoms with Gasteiger partial charge in [0.05, 0.1) is 17.8 Å². The highest BCUT2D eigenvalue weighted by molar-refractivity contribution is 5.44. The molecule has 0 fully saturated rings. The molecular formula is C14H12N5O3-. The number of rotatable bonds is 3. The van der Waals surface area contributed by atoms with Crippen LogP contribution in [0.2, 0.25) is 0 Å². The van der Waals surface area contributed by atoms with Gasteiger partial charge in [0.2, 0.25) is 0 Å². The van der Waals surface area contributed by atoms with Crippen molar-refractivity contribution >= 4 is 11.5 Å². The fraction of sp³-hybridized carbons (Fsp3) is 0.143. The van der Waals surface area contributed by atoms with Gasteiger partial charge >= 0.3 is 0 Å². The Hall–Kier alpha value is -3.16. The van der Waals surface area contributed by atoms with Crippen LogP contribution in [0.5, 0.6) is 5.95 Å². The van der Waals surface area contributed by atoms with Gasteiger partial charge in [-0.1, -0.05) is 18.2 Å². The number of para-hydroxylation sites is 1. The Bertz CT molecular complexity index is 889. The molecular weight excluding hydrogens is 286 g/mol. The van der Waals surface area contributed by atoms with Crippen molar-refractivity contribution in [3.8, 4) is 11.6 Å². The third-order valence-electron chi connectivity index (χ3n) is 3.29. The lowest BCUT2D eigenvalue weighted by Crippen LogP contribution is -2.19. The van der Waals surface area contributed by atoms with E-state index in [9.17, 15) is 9.90 Å². The van der Waals surface area contributed by atoms with Gasteiger partial charge in [-0.15, -0.1) is 10.2 Å². The molecule has 22 heavy (non-hydrogen) atoms. The van der Waals surface area contributed by atoms with Crippen LogP contribution in [0.25, 0.3) is 5.69 Å². The van der Waals surface area contributed by atoms with Crippen LogP contribution < -0.4 is 10.7 Å². The Morgan fingerprint density at radius 3 is 2.59 bits per heavy atom. The molecule has 0 aliphatic carbocycles. The van der Waals surface area contributed by atoms with Gasteiger partial charge in [-0.25, -0.2) is 9.67 Å². The molecule has 2 heterocycles. The predicted octanol–water partition coefficient (Wildman–Crippen LogP) is 1.96. The van der Waals surface area contributed by atoms with Crippen molar-refractivity contribution in [3.63, 3.8) is 0 Å². The largest absolute Gasteiger partial charge is 0.567 e. The molecule has 0 amide bonds. The van der Waals surface area contributed by atoms with E-state index >= 15 is 0 Å². The molecule has 0 radical (unpaired) electrons. The quantitative estimate of drug-likeness (QED) is 0.690. The van der Waals surface area contributed by atoms with Crippen molar-refractivity contribution in [1.82, 2.24) is 14.3 Å². The molecule has 3 rings (SSSR count). The van der Waals surface area contributed by atoms with Gasteiger partial charge in [0, 0.05) is 7.05 Å². The van der Waals surface area contributed by atoms with E-state index in [-0.39, 0.29) is 17.1 Å². The number of hydrogen-bond acceptors (Lipinski definition) is 6. The Kier molecular flexibility index (Phi) is 3.34. The Morgan fingerprint density at radius 2 is 1.95 bits per heavy atom. The van der Waals surface area contributed by atoms with Crippen molar-refractivity contribution < 1.29 is 9.52 Å². The summed E-state index contributed by atoms with van der Waals surface area (Å²) < 4.78 is 7.65. The smallest absolute Gasteiger partial charge is 0.299 e. The van der Waals surface area contributed by atoms with Crippen LogP contribution in [-0.4, -0.2) is 14.3 Å². The van der Waals surface area contributed by atoms with E-state index in [1.54, 1.807) is 18.7 Å². The molecule has 8 heteroatoms. The lowest BCUT2D eigenvalue weighted by molar-refractivity contribution is -0.292. The van der Waals surface area contributed by atoms with Gasteiger partial charge in [0.1, 0.15) is 5.95 Å². The van der Waals surface area contributed by atoms with Crippen molar-refractivity contribution in [2.24, 2.45) is 17.3 Å². The van der Waals surface area contributed by atoms with Crippen LogP contribution in [0.4, 0.5) is 11.5 Å². The van der Waals surface area contributed by atoms with Crippen molar-refractivity contribution in [2.45, 2.75) is 6.92 Å².